The van der Waals surface area contributed by atoms with Gasteiger partial charge in [0.15, 0.2) is 5.60 Å². The second-order valence-corrected chi connectivity index (χ2v) is 8.67. The highest BCUT2D eigenvalue weighted by Crippen LogP contribution is 2.38. The van der Waals surface area contributed by atoms with Crippen LogP contribution in [0.1, 0.15) is 49.1 Å². The highest BCUT2D eigenvalue weighted by Gasteiger charge is 2.41. The number of esters is 1. The Kier molecular flexibility index (Phi) is 6.51. The minimum atomic E-state index is -1.20. The van der Waals surface area contributed by atoms with Gasteiger partial charge in [0, 0.05) is 5.02 Å². The molecule has 0 aromatic heterocycles. The van der Waals surface area contributed by atoms with Gasteiger partial charge in [-0.25, -0.2) is 14.5 Å². The van der Waals surface area contributed by atoms with Gasteiger partial charge < -0.3 is 14.8 Å². The molecule has 32 heavy (non-hydrogen) atoms. The number of carbonyl (C=O) groups excluding carboxylic acids is 3. The number of rotatable bonds is 6. The van der Waals surface area contributed by atoms with Crippen molar-refractivity contribution >= 4 is 35.2 Å². The number of nitrogens with one attached hydrogen (secondary N) is 1. The number of hydrogen-bond donors (Lipinski definition) is 1. The van der Waals surface area contributed by atoms with Crippen LogP contribution in [0.3, 0.4) is 0 Å². The molecule has 7 nitrogen and oxygen atoms in total. The van der Waals surface area contributed by atoms with Crippen molar-refractivity contribution in [2.45, 2.75) is 53.2 Å². The van der Waals surface area contributed by atoms with Gasteiger partial charge in [0.25, 0.3) is 5.91 Å². The second-order valence-electron chi connectivity index (χ2n) is 8.24. The van der Waals surface area contributed by atoms with Gasteiger partial charge in [-0.05, 0) is 82.0 Å². The Hall–Kier alpha value is -3.06. The molecule has 1 N–H and O–H groups in total. The molecule has 0 spiro atoms. The van der Waals surface area contributed by atoms with Crippen molar-refractivity contribution in [3.8, 4) is 5.75 Å². The van der Waals surface area contributed by atoms with Gasteiger partial charge >= 0.3 is 12.0 Å². The van der Waals surface area contributed by atoms with Crippen LogP contribution in [0.2, 0.25) is 5.02 Å². The Morgan fingerprint density at radius 2 is 1.84 bits per heavy atom. The molecule has 1 atom stereocenters. The van der Waals surface area contributed by atoms with Crippen LogP contribution in [0.15, 0.2) is 30.3 Å². The molecule has 0 aliphatic carbocycles. The SMILES string of the molecule is CCOC(=O)C(C)(C)Oc1c(C)cc(N2C(=O)NC(c3cccc(Cl)c3)C2=O)c(C)c1C. The average Bonchev–Trinajstić information content (AvgIpc) is 3.02. The fourth-order valence-corrected chi connectivity index (χ4v) is 3.85. The second kappa shape index (κ2) is 8.82. The Bertz CT molecular complexity index is 1100. The summed E-state index contributed by atoms with van der Waals surface area (Å²) in [6.45, 7) is 10.7. The van der Waals surface area contributed by atoms with Gasteiger partial charge in [-0.2, -0.15) is 0 Å². The third kappa shape index (κ3) is 4.30. The summed E-state index contributed by atoms with van der Waals surface area (Å²) in [5.74, 6) is -0.346. The molecule has 0 saturated carbocycles. The number of anilines is 1. The smallest absolute Gasteiger partial charge is 0.349 e. The van der Waals surface area contributed by atoms with E-state index in [1.165, 1.54) is 0 Å². The molecule has 1 aliphatic heterocycles. The summed E-state index contributed by atoms with van der Waals surface area (Å²) >= 11 is 6.06. The molecule has 1 fully saturated rings. The molecule has 3 rings (SSSR count). The lowest BCUT2D eigenvalue weighted by Crippen LogP contribution is -2.40. The zero-order chi connectivity index (χ0) is 23.8. The minimum Gasteiger partial charge on any atom is -0.476 e. The molecule has 1 aliphatic rings. The molecule has 1 heterocycles. The lowest BCUT2D eigenvalue weighted by Gasteiger charge is -2.28. The first kappa shape index (κ1) is 23.6. The van der Waals surface area contributed by atoms with Crippen LogP contribution >= 0.6 is 11.6 Å². The van der Waals surface area contributed by atoms with Crippen molar-refractivity contribution in [3.05, 3.63) is 57.6 Å². The predicted octanol–water partition coefficient (Wildman–Crippen LogP) is 4.78. The van der Waals surface area contributed by atoms with E-state index in [1.54, 1.807) is 58.0 Å². The van der Waals surface area contributed by atoms with Crippen molar-refractivity contribution < 1.29 is 23.9 Å². The van der Waals surface area contributed by atoms with E-state index in [1.807, 2.05) is 13.8 Å². The zero-order valence-electron chi connectivity index (χ0n) is 19.0. The predicted molar refractivity (Wildman–Crippen MR) is 122 cm³/mol. The fraction of sp³-hybridized carbons (Fsp3) is 0.375. The maximum atomic E-state index is 13.2. The van der Waals surface area contributed by atoms with Crippen molar-refractivity contribution in [1.29, 1.82) is 0 Å². The first-order valence-electron chi connectivity index (χ1n) is 10.3. The standard InChI is InChI=1S/C24H27ClN2O5/c1-7-31-22(29)24(5,6)32-20-13(2)11-18(14(3)15(20)4)27-21(28)19(26-23(27)30)16-9-8-10-17(25)12-16/h8-12,19H,7H2,1-6H3,(H,26,30). The van der Waals surface area contributed by atoms with Crippen molar-refractivity contribution in [1.82, 2.24) is 5.32 Å². The van der Waals surface area contributed by atoms with E-state index in [0.717, 1.165) is 10.5 Å². The van der Waals surface area contributed by atoms with E-state index in [9.17, 15) is 14.4 Å². The lowest BCUT2D eigenvalue weighted by atomic mass is 10.0. The van der Waals surface area contributed by atoms with E-state index >= 15 is 0 Å². The molecule has 3 amide bonds. The molecule has 1 unspecified atom stereocenters. The zero-order valence-corrected chi connectivity index (χ0v) is 19.8. The minimum absolute atomic E-state index is 0.252. The molecule has 2 aromatic rings. The van der Waals surface area contributed by atoms with Crippen molar-refractivity contribution in [2.24, 2.45) is 0 Å². The average molecular weight is 459 g/mol. The van der Waals surface area contributed by atoms with Crippen molar-refractivity contribution in [2.75, 3.05) is 11.5 Å². The summed E-state index contributed by atoms with van der Waals surface area (Å²) in [7, 11) is 0. The van der Waals surface area contributed by atoms with Crippen LogP contribution in [0.4, 0.5) is 10.5 Å². The summed E-state index contributed by atoms with van der Waals surface area (Å²) in [6, 6.07) is 7.23. The number of ether oxygens (including phenoxy) is 2. The van der Waals surface area contributed by atoms with Gasteiger partial charge in [-0.1, -0.05) is 23.7 Å². The topological polar surface area (TPSA) is 84.9 Å². The summed E-state index contributed by atoms with van der Waals surface area (Å²) in [4.78, 5) is 39.4. The van der Waals surface area contributed by atoms with Gasteiger partial charge in [0.05, 0.1) is 12.3 Å². The Labute approximate surface area is 192 Å². The number of urea groups is 1. The van der Waals surface area contributed by atoms with Gasteiger partial charge in [-0.15, -0.1) is 0 Å². The van der Waals surface area contributed by atoms with Crippen LogP contribution in [0.25, 0.3) is 0 Å². The Balaban J connectivity index is 1.97. The quantitative estimate of drug-likeness (QED) is 0.497. The first-order chi connectivity index (χ1) is 15.0. The van der Waals surface area contributed by atoms with Crippen LogP contribution in [-0.2, 0) is 14.3 Å². The molecule has 0 bridgehead atoms. The number of benzene rings is 2. The Morgan fingerprint density at radius 1 is 1.16 bits per heavy atom. The van der Waals surface area contributed by atoms with E-state index in [2.05, 4.69) is 5.32 Å². The molecule has 1 saturated heterocycles. The highest BCUT2D eigenvalue weighted by atomic mass is 35.5. The normalized spacial score (nSPS) is 16.2. The number of imide groups is 1. The molecular weight excluding hydrogens is 432 g/mol. The van der Waals surface area contributed by atoms with Gasteiger partial charge in [-0.3, -0.25) is 4.79 Å². The number of hydrogen-bond acceptors (Lipinski definition) is 5. The van der Waals surface area contributed by atoms with E-state index in [4.69, 9.17) is 21.1 Å². The molecule has 8 heteroatoms. The third-order valence-corrected chi connectivity index (χ3v) is 5.72. The number of halogens is 1. The number of aryl methyl sites for hydroxylation is 1. The summed E-state index contributed by atoms with van der Waals surface area (Å²) in [6.07, 6.45) is 0. The summed E-state index contributed by atoms with van der Waals surface area (Å²) < 4.78 is 11.1. The summed E-state index contributed by atoms with van der Waals surface area (Å²) in [5, 5.41) is 3.21. The largest absolute Gasteiger partial charge is 0.476 e. The molecule has 2 aromatic carbocycles. The lowest BCUT2D eigenvalue weighted by molar-refractivity contribution is -0.158. The highest BCUT2D eigenvalue weighted by molar-refractivity contribution is 6.30. The number of amides is 3. The first-order valence-corrected chi connectivity index (χ1v) is 10.7. The molecular formula is C24H27ClN2O5. The van der Waals surface area contributed by atoms with Crippen LogP contribution in [0.5, 0.6) is 5.75 Å². The van der Waals surface area contributed by atoms with Gasteiger partial charge in [0.2, 0.25) is 0 Å². The number of nitrogens with zero attached hydrogens (tertiary/aromatic N) is 1. The van der Waals surface area contributed by atoms with E-state index in [0.29, 0.717) is 33.1 Å². The van der Waals surface area contributed by atoms with E-state index < -0.39 is 23.6 Å². The monoisotopic (exact) mass is 458 g/mol. The van der Waals surface area contributed by atoms with Crippen LogP contribution < -0.4 is 15.0 Å². The van der Waals surface area contributed by atoms with Crippen LogP contribution in [0, 0.1) is 20.8 Å². The Morgan fingerprint density at radius 3 is 2.47 bits per heavy atom. The maximum absolute atomic E-state index is 13.2. The van der Waals surface area contributed by atoms with Gasteiger partial charge in [0.1, 0.15) is 11.8 Å². The molecule has 0 radical (unpaired) electrons. The maximum Gasteiger partial charge on any atom is 0.349 e. The summed E-state index contributed by atoms with van der Waals surface area (Å²) in [5.41, 5.74) is 1.99. The van der Waals surface area contributed by atoms with E-state index in [-0.39, 0.29) is 12.5 Å². The van der Waals surface area contributed by atoms with Crippen molar-refractivity contribution in [3.63, 3.8) is 0 Å². The third-order valence-electron chi connectivity index (χ3n) is 5.48. The fourth-order valence-electron chi connectivity index (χ4n) is 3.65. The number of carbonyl (C=O) groups is 3. The molecule has 170 valence electrons. The van der Waals surface area contributed by atoms with Crippen LogP contribution in [-0.4, -0.2) is 30.1 Å².